The fourth-order valence-electron chi connectivity index (χ4n) is 4.08. The topological polar surface area (TPSA) is 9.23 Å². The van der Waals surface area contributed by atoms with Gasteiger partial charge in [-0.05, 0) is 48.9 Å². The minimum absolute atomic E-state index is 0.458. The molecule has 16 heavy (non-hydrogen) atoms. The fourth-order valence-corrected chi connectivity index (χ4v) is 4.08. The SMILES string of the molecule is COCCC/C=C1\C(C)(C)[C@H]2CC[C@@]1(C)C2. The lowest BCUT2D eigenvalue weighted by atomic mass is 9.68. The number of methoxy groups -OCH3 is 1. The van der Waals surface area contributed by atoms with Gasteiger partial charge in [0.2, 0.25) is 0 Å². The molecule has 0 spiro atoms. The number of allylic oxidation sites excluding steroid dienone is 2. The molecule has 1 nitrogen and oxygen atoms in total. The molecule has 2 aliphatic rings. The second-order valence-corrected chi connectivity index (χ2v) is 6.47. The molecule has 0 radical (unpaired) electrons. The summed E-state index contributed by atoms with van der Waals surface area (Å²) >= 11 is 0. The highest BCUT2D eigenvalue weighted by atomic mass is 16.5. The molecule has 0 aromatic rings. The Balaban J connectivity index is 2.07. The summed E-state index contributed by atoms with van der Waals surface area (Å²) in [6, 6.07) is 0. The molecule has 0 unspecified atom stereocenters. The Morgan fingerprint density at radius 2 is 2.12 bits per heavy atom. The van der Waals surface area contributed by atoms with Crippen LogP contribution in [0.15, 0.2) is 11.6 Å². The van der Waals surface area contributed by atoms with E-state index in [4.69, 9.17) is 4.74 Å². The van der Waals surface area contributed by atoms with Gasteiger partial charge in [-0.25, -0.2) is 0 Å². The van der Waals surface area contributed by atoms with Crippen molar-refractivity contribution in [3.8, 4) is 0 Å². The molecule has 0 saturated heterocycles. The molecule has 0 aromatic carbocycles. The Bertz CT molecular complexity index is 283. The van der Waals surface area contributed by atoms with Gasteiger partial charge in [0.1, 0.15) is 0 Å². The second-order valence-electron chi connectivity index (χ2n) is 6.47. The summed E-state index contributed by atoms with van der Waals surface area (Å²) in [6.45, 7) is 8.27. The summed E-state index contributed by atoms with van der Waals surface area (Å²) in [5.41, 5.74) is 2.73. The largest absolute Gasteiger partial charge is 0.385 e. The van der Waals surface area contributed by atoms with Crippen molar-refractivity contribution in [1.82, 2.24) is 0 Å². The van der Waals surface area contributed by atoms with Crippen LogP contribution < -0.4 is 0 Å². The van der Waals surface area contributed by atoms with Crippen LogP contribution >= 0.6 is 0 Å². The van der Waals surface area contributed by atoms with Gasteiger partial charge in [0, 0.05) is 13.7 Å². The van der Waals surface area contributed by atoms with Gasteiger partial charge in [0.15, 0.2) is 0 Å². The third-order valence-corrected chi connectivity index (χ3v) is 5.01. The van der Waals surface area contributed by atoms with Crippen LogP contribution in [0.3, 0.4) is 0 Å². The maximum absolute atomic E-state index is 5.12. The highest BCUT2D eigenvalue weighted by Crippen LogP contribution is 2.65. The molecule has 2 atom stereocenters. The quantitative estimate of drug-likeness (QED) is 0.512. The van der Waals surface area contributed by atoms with E-state index in [1.165, 1.54) is 25.7 Å². The zero-order chi connectivity index (χ0) is 11.8. The number of rotatable bonds is 4. The van der Waals surface area contributed by atoms with Crippen molar-refractivity contribution in [3.63, 3.8) is 0 Å². The number of hydrogen-bond acceptors (Lipinski definition) is 1. The van der Waals surface area contributed by atoms with Crippen molar-refractivity contribution in [2.24, 2.45) is 16.7 Å². The van der Waals surface area contributed by atoms with Crippen molar-refractivity contribution in [1.29, 1.82) is 0 Å². The lowest BCUT2D eigenvalue weighted by Gasteiger charge is -2.37. The van der Waals surface area contributed by atoms with Crippen LogP contribution in [0.5, 0.6) is 0 Å². The van der Waals surface area contributed by atoms with Crippen LogP contribution in [0.2, 0.25) is 0 Å². The van der Waals surface area contributed by atoms with E-state index in [1.807, 2.05) is 0 Å². The van der Waals surface area contributed by atoms with Gasteiger partial charge in [0.25, 0.3) is 0 Å². The van der Waals surface area contributed by atoms with Gasteiger partial charge in [-0.3, -0.25) is 0 Å². The Morgan fingerprint density at radius 3 is 2.69 bits per heavy atom. The van der Waals surface area contributed by atoms with Gasteiger partial charge < -0.3 is 4.74 Å². The molecule has 2 fully saturated rings. The Kier molecular flexibility index (Phi) is 3.18. The van der Waals surface area contributed by atoms with E-state index in [2.05, 4.69) is 26.8 Å². The maximum Gasteiger partial charge on any atom is 0.0465 e. The van der Waals surface area contributed by atoms with E-state index in [-0.39, 0.29) is 0 Å². The maximum atomic E-state index is 5.12. The monoisotopic (exact) mass is 222 g/mol. The minimum atomic E-state index is 0.458. The molecular weight excluding hydrogens is 196 g/mol. The van der Waals surface area contributed by atoms with Gasteiger partial charge in [-0.1, -0.05) is 32.4 Å². The molecule has 0 heterocycles. The molecule has 2 saturated carbocycles. The number of unbranched alkanes of at least 4 members (excludes halogenated alkanes) is 1. The lowest BCUT2D eigenvalue weighted by Crippen LogP contribution is -2.26. The van der Waals surface area contributed by atoms with E-state index in [1.54, 1.807) is 12.7 Å². The fraction of sp³-hybridized carbons (Fsp3) is 0.867. The van der Waals surface area contributed by atoms with Gasteiger partial charge in [0.05, 0.1) is 0 Å². The summed E-state index contributed by atoms with van der Waals surface area (Å²) < 4.78 is 5.12. The summed E-state index contributed by atoms with van der Waals surface area (Å²) in [5.74, 6) is 0.936. The highest BCUT2D eigenvalue weighted by molar-refractivity contribution is 5.31. The first kappa shape index (κ1) is 12.2. The molecular formula is C15H26O. The second kappa shape index (κ2) is 4.18. The van der Waals surface area contributed by atoms with E-state index >= 15 is 0 Å². The van der Waals surface area contributed by atoms with E-state index in [0.717, 1.165) is 18.9 Å². The molecule has 2 bridgehead atoms. The third-order valence-electron chi connectivity index (χ3n) is 5.01. The van der Waals surface area contributed by atoms with Crippen molar-refractivity contribution in [2.45, 2.75) is 52.9 Å². The summed E-state index contributed by atoms with van der Waals surface area (Å²) in [5, 5.41) is 0. The molecule has 0 aromatic heterocycles. The summed E-state index contributed by atoms with van der Waals surface area (Å²) in [4.78, 5) is 0. The van der Waals surface area contributed by atoms with E-state index < -0.39 is 0 Å². The Morgan fingerprint density at radius 1 is 1.38 bits per heavy atom. The molecule has 0 amide bonds. The standard InChI is InChI=1S/C15H26O/c1-14(2)12-8-9-15(3,11-12)13(14)7-5-6-10-16-4/h7,12H,5-6,8-11H2,1-4H3/b13-7+/t12-,15-/m0/s1. The summed E-state index contributed by atoms with van der Waals surface area (Å²) in [7, 11) is 1.79. The molecule has 1 heteroatoms. The average Bonchev–Trinajstić information content (AvgIpc) is 2.68. The van der Waals surface area contributed by atoms with Gasteiger partial charge >= 0.3 is 0 Å². The van der Waals surface area contributed by atoms with Crippen LogP contribution in [-0.4, -0.2) is 13.7 Å². The Labute approximate surface area is 100 Å². The van der Waals surface area contributed by atoms with Crippen LogP contribution in [0.1, 0.15) is 52.9 Å². The first-order valence-electron chi connectivity index (χ1n) is 6.71. The van der Waals surface area contributed by atoms with Crippen molar-refractivity contribution >= 4 is 0 Å². The zero-order valence-electron chi connectivity index (χ0n) is 11.3. The van der Waals surface area contributed by atoms with Gasteiger partial charge in [-0.15, -0.1) is 0 Å². The predicted octanol–water partition coefficient (Wildman–Crippen LogP) is 4.19. The third kappa shape index (κ3) is 1.84. The predicted molar refractivity (Wildman–Crippen MR) is 68.4 cm³/mol. The van der Waals surface area contributed by atoms with Crippen molar-refractivity contribution in [3.05, 3.63) is 11.6 Å². The molecule has 92 valence electrons. The molecule has 0 aliphatic heterocycles. The molecule has 0 N–H and O–H groups in total. The zero-order valence-corrected chi connectivity index (χ0v) is 11.3. The number of fused-ring (bicyclic) bond motifs is 2. The summed E-state index contributed by atoms with van der Waals surface area (Å²) in [6.07, 6.45) is 9.16. The van der Waals surface area contributed by atoms with Crippen LogP contribution in [0.25, 0.3) is 0 Å². The first-order valence-corrected chi connectivity index (χ1v) is 6.71. The Hall–Kier alpha value is -0.300. The van der Waals surface area contributed by atoms with E-state index in [9.17, 15) is 0 Å². The van der Waals surface area contributed by atoms with Crippen LogP contribution in [-0.2, 0) is 4.74 Å². The highest BCUT2D eigenvalue weighted by Gasteiger charge is 2.55. The smallest absolute Gasteiger partial charge is 0.0465 e. The first-order chi connectivity index (χ1) is 7.50. The minimum Gasteiger partial charge on any atom is -0.385 e. The van der Waals surface area contributed by atoms with Crippen LogP contribution in [0, 0.1) is 16.7 Å². The van der Waals surface area contributed by atoms with Gasteiger partial charge in [-0.2, -0.15) is 0 Å². The van der Waals surface area contributed by atoms with E-state index in [0.29, 0.717) is 10.8 Å². The number of hydrogen-bond donors (Lipinski definition) is 0. The normalized spacial score (nSPS) is 38.5. The molecule has 2 rings (SSSR count). The molecule has 2 aliphatic carbocycles. The van der Waals surface area contributed by atoms with Crippen molar-refractivity contribution in [2.75, 3.05) is 13.7 Å². The lowest BCUT2D eigenvalue weighted by molar-refractivity contribution is 0.195. The van der Waals surface area contributed by atoms with Crippen molar-refractivity contribution < 1.29 is 4.74 Å². The average molecular weight is 222 g/mol. The number of ether oxygens (including phenoxy) is 1. The van der Waals surface area contributed by atoms with Crippen LogP contribution in [0.4, 0.5) is 0 Å².